The van der Waals surface area contributed by atoms with Crippen molar-refractivity contribution in [3.05, 3.63) is 65.7 Å². The van der Waals surface area contributed by atoms with Crippen LogP contribution >= 0.6 is 0 Å². The number of methoxy groups -OCH3 is 1. The van der Waals surface area contributed by atoms with Gasteiger partial charge in [0.25, 0.3) is 0 Å². The van der Waals surface area contributed by atoms with Crippen molar-refractivity contribution >= 4 is 11.9 Å². The van der Waals surface area contributed by atoms with Crippen molar-refractivity contribution in [2.75, 3.05) is 7.11 Å². The van der Waals surface area contributed by atoms with Crippen LogP contribution in [0.5, 0.6) is 5.75 Å². The molecule has 0 fully saturated rings. The van der Waals surface area contributed by atoms with Crippen LogP contribution in [0.25, 0.3) is 0 Å². The molecule has 0 heterocycles. The van der Waals surface area contributed by atoms with Gasteiger partial charge in [-0.05, 0) is 36.5 Å². The third-order valence-corrected chi connectivity index (χ3v) is 4.81. The molecular weight excluding hydrogens is 354 g/mol. The minimum absolute atomic E-state index is 0.0186. The topological polar surface area (TPSA) is 75.6 Å². The van der Waals surface area contributed by atoms with Crippen molar-refractivity contribution in [1.82, 2.24) is 5.32 Å². The van der Waals surface area contributed by atoms with Crippen LogP contribution in [-0.4, -0.2) is 30.1 Å². The molecule has 5 heteroatoms. The summed E-state index contributed by atoms with van der Waals surface area (Å²) in [7, 11) is 1.62. The summed E-state index contributed by atoms with van der Waals surface area (Å²) in [6.07, 6.45) is 1.54. The van der Waals surface area contributed by atoms with E-state index in [0.29, 0.717) is 19.3 Å². The molecule has 0 aliphatic carbocycles. The van der Waals surface area contributed by atoms with Gasteiger partial charge < -0.3 is 15.2 Å². The van der Waals surface area contributed by atoms with Crippen LogP contribution in [0.3, 0.4) is 0 Å². The van der Waals surface area contributed by atoms with Gasteiger partial charge in [-0.25, -0.2) is 0 Å². The number of amides is 1. The Labute approximate surface area is 166 Å². The summed E-state index contributed by atoms with van der Waals surface area (Å²) in [5.74, 6) is -0.194. The highest BCUT2D eigenvalue weighted by Gasteiger charge is 2.30. The molecule has 1 amide bonds. The van der Waals surface area contributed by atoms with Gasteiger partial charge in [0.05, 0.1) is 7.11 Å². The highest BCUT2D eigenvalue weighted by molar-refractivity contribution is 5.82. The average molecular weight is 383 g/mol. The largest absolute Gasteiger partial charge is 0.496 e. The van der Waals surface area contributed by atoms with E-state index in [1.165, 1.54) is 0 Å². The maximum atomic E-state index is 13.0. The first-order chi connectivity index (χ1) is 13.3. The number of carbonyl (C=O) groups is 2. The molecule has 2 aromatic rings. The molecule has 1 atom stereocenters. The minimum Gasteiger partial charge on any atom is -0.496 e. The van der Waals surface area contributed by atoms with Crippen molar-refractivity contribution in [3.63, 3.8) is 0 Å². The fourth-order valence-electron chi connectivity index (χ4n) is 3.21. The van der Waals surface area contributed by atoms with Gasteiger partial charge in [-0.2, -0.15) is 0 Å². The molecule has 0 bridgehead atoms. The molecule has 2 N–H and O–H groups in total. The van der Waals surface area contributed by atoms with E-state index in [1.54, 1.807) is 7.11 Å². The second kappa shape index (κ2) is 9.93. The number of benzene rings is 2. The van der Waals surface area contributed by atoms with E-state index in [0.717, 1.165) is 16.9 Å². The maximum Gasteiger partial charge on any atom is 0.303 e. The van der Waals surface area contributed by atoms with Gasteiger partial charge in [-0.1, -0.05) is 62.4 Å². The Balaban J connectivity index is 2.10. The minimum atomic E-state index is -0.861. The number of aliphatic carboxylic acids is 1. The van der Waals surface area contributed by atoms with Crippen LogP contribution < -0.4 is 10.1 Å². The SMILES string of the molecule is COc1ccccc1CC(C)(C)C(=O)NC(CCC(=O)O)Cc1ccccc1. The zero-order valence-corrected chi connectivity index (χ0v) is 16.8. The number of ether oxygens (including phenoxy) is 1. The van der Waals surface area contributed by atoms with Crippen LogP contribution in [0.4, 0.5) is 0 Å². The predicted octanol–water partition coefficient (Wildman–Crippen LogP) is 3.86. The first kappa shape index (κ1) is 21.5. The smallest absolute Gasteiger partial charge is 0.303 e. The lowest BCUT2D eigenvalue weighted by Crippen LogP contribution is -2.45. The number of nitrogens with one attached hydrogen (secondary N) is 1. The second-order valence-corrected chi connectivity index (χ2v) is 7.67. The van der Waals surface area contributed by atoms with Gasteiger partial charge in [-0.3, -0.25) is 9.59 Å². The fourth-order valence-corrected chi connectivity index (χ4v) is 3.21. The van der Waals surface area contributed by atoms with E-state index in [9.17, 15) is 9.59 Å². The van der Waals surface area contributed by atoms with Crippen LogP contribution in [0.15, 0.2) is 54.6 Å². The average Bonchev–Trinajstić information content (AvgIpc) is 2.67. The Morgan fingerprint density at radius 2 is 1.71 bits per heavy atom. The van der Waals surface area contributed by atoms with Gasteiger partial charge in [0.1, 0.15) is 5.75 Å². The molecular formula is C23H29NO4. The monoisotopic (exact) mass is 383 g/mol. The molecule has 0 spiro atoms. The lowest BCUT2D eigenvalue weighted by atomic mass is 9.84. The summed E-state index contributed by atoms with van der Waals surface area (Å²) in [6, 6.07) is 17.2. The molecule has 5 nitrogen and oxygen atoms in total. The normalized spacial score (nSPS) is 12.2. The molecule has 2 aromatic carbocycles. The van der Waals surface area contributed by atoms with Crippen LogP contribution in [0, 0.1) is 5.41 Å². The van der Waals surface area contributed by atoms with Gasteiger partial charge in [0, 0.05) is 17.9 Å². The molecule has 2 rings (SSSR count). The lowest BCUT2D eigenvalue weighted by Gasteiger charge is -2.28. The number of para-hydroxylation sites is 1. The number of hydrogen-bond acceptors (Lipinski definition) is 3. The van der Waals surface area contributed by atoms with E-state index in [2.05, 4.69) is 5.32 Å². The highest BCUT2D eigenvalue weighted by atomic mass is 16.5. The first-order valence-corrected chi connectivity index (χ1v) is 9.50. The first-order valence-electron chi connectivity index (χ1n) is 9.50. The maximum absolute atomic E-state index is 13.0. The number of hydrogen-bond donors (Lipinski definition) is 2. The van der Waals surface area contributed by atoms with E-state index in [-0.39, 0.29) is 18.4 Å². The van der Waals surface area contributed by atoms with Crippen molar-refractivity contribution in [2.24, 2.45) is 5.41 Å². The van der Waals surface area contributed by atoms with E-state index >= 15 is 0 Å². The van der Waals surface area contributed by atoms with Crippen LogP contribution in [-0.2, 0) is 22.4 Å². The molecule has 0 saturated heterocycles. The summed E-state index contributed by atoms with van der Waals surface area (Å²) in [4.78, 5) is 24.0. The molecule has 28 heavy (non-hydrogen) atoms. The van der Waals surface area contributed by atoms with E-state index in [1.807, 2.05) is 68.4 Å². The highest BCUT2D eigenvalue weighted by Crippen LogP contribution is 2.28. The predicted molar refractivity (Wildman–Crippen MR) is 109 cm³/mol. The number of carbonyl (C=O) groups excluding carboxylic acids is 1. The van der Waals surface area contributed by atoms with Crippen LogP contribution in [0.1, 0.15) is 37.8 Å². The lowest BCUT2D eigenvalue weighted by molar-refractivity contribution is -0.137. The molecule has 150 valence electrons. The number of carboxylic acid groups (broad SMARTS) is 1. The summed E-state index contributed by atoms with van der Waals surface area (Å²) in [5.41, 5.74) is 1.38. The van der Waals surface area contributed by atoms with E-state index < -0.39 is 11.4 Å². The van der Waals surface area contributed by atoms with Crippen molar-refractivity contribution in [1.29, 1.82) is 0 Å². The Morgan fingerprint density at radius 3 is 2.36 bits per heavy atom. The van der Waals surface area contributed by atoms with Gasteiger partial charge in [-0.15, -0.1) is 0 Å². The van der Waals surface area contributed by atoms with Crippen LogP contribution in [0.2, 0.25) is 0 Å². The molecule has 0 aromatic heterocycles. The summed E-state index contributed by atoms with van der Waals surface area (Å²) in [5, 5.41) is 12.1. The molecule has 1 unspecified atom stereocenters. The Morgan fingerprint density at radius 1 is 1.07 bits per heavy atom. The number of carboxylic acids is 1. The van der Waals surface area contributed by atoms with Gasteiger partial charge in [0.15, 0.2) is 0 Å². The summed E-state index contributed by atoms with van der Waals surface area (Å²) in [6.45, 7) is 3.79. The summed E-state index contributed by atoms with van der Waals surface area (Å²) < 4.78 is 5.40. The molecule has 0 radical (unpaired) electrons. The molecule has 0 aliphatic heterocycles. The zero-order valence-electron chi connectivity index (χ0n) is 16.8. The van der Waals surface area contributed by atoms with Crippen molar-refractivity contribution in [2.45, 2.75) is 45.6 Å². The van der Waals surface area contributed by atoms with E-state index in [4.69, 9.17) is 9.84 Å². The van der Waals surface area contributed by atoms with Gasteiger partial charge in [0.2, 0.25) is 5.91 Å². The standard InChI is InChI=1S/C23H29NO4/c1-23(2,16-18-11-7-8-12-20(18)28-3)22(27)24-19(13-14-21(25)26)15-17-9-5-4-6-10-17/h4-12,19H,13-16H2,1-3H3,(H,24,27)(H,25,26). The fraction of sp³-hybridized carbons (Fsp3) is 0.391. The van der Waals surface area contributed by atoms with Crippen molar-refractivity contribution in [3.8, 4) is 5.75 Å². The molecule has 0 aliphatic rings. The Bertz CT molecular complexity index is 786. The second-order valence-electron chi connectivity index (χ2n) is 7.67. The molecule has 0 saturated carbocycles. The quantitative estimate of drug-likeness (QED) is 0.653. The third kappa shape index (κ3) is 6.41. The van der Waals surface area contributed by atoms with Gasteiger partial charge >= 0.3 is 5.97 Å². The number of rotatable bonds is 10. The zero-order chi connectivity index (χ0) is 20.6. The summed E-state index contributed by atoms with van der Waals surface area (Å²) >= 11 is 0. The Kier molecular flexibility index (Phi) is 7.61. The third-order valence-electron chi connectivity index (χ3n) is 4.81. The Hall–Kier alpha value is -2.82. The van der Waals surface area contributed by atoms with Crippen molar-refractivity contribution < 1.29 is 19.4 Å².